The first-order valence-electron chi connectivity index (χ1n) is 7.72. The standard InChI is InChI=1S/C18H18ClN3O2/c1-24-18(23)17(21-20-15-10-4-3-9-14(15)19)22-12-6-8-13-7-2-5-11-16(13)22/h2-5,7,9-11,20H,6,8,12H2,1H3. The molecule has 0 atom stereocenters. The molecule has 3 rings (SSSR count). The van der Waals surface area contributed by atoms with Gasteiger partial charge in [-0.3, -0.25) is 5.43 Å². The van der Waals surface area contributed by atoms with Crippen molar-refractivity contribution in [1.82, 2.24) is 0 Å². The number of carbonyl (C=O) groups excluding carboxylic acids is 1. The molecule has 1 aliphatic heterocycles. The molecule has 0 spiro atoms. The normalized spacial score (nSPS) is 14.1. The van der Waals surface area contributed by atoms with Gasteiger partial charge >= 0.3 is 5.97 Å². The van der Waals surface area contributed by atoms with Crippen LogP contribution in [0, 0.1) is 0 Å². The van der Waals surface area contributed by atoms with Crippen LogP contribution in [-0.4, -0.2) is 25.5 Å². The summed E-state index contributed by atoms with van der Waals surface area (Å²) >= 11 is 6.13. The van der Waals surface area contributed by atoms with E-state index in [1.807, 2.05) is 35.2 Å². The monoisotopic (exact) mass is 343 g/mol. The number of nitrogens with one attached hydrogen (secondary N) is 1. The minimum atomic E-state index is -0.494. The van der Waals surface area contributed by atoms with Gasteiger partial charge in [-0.1, -0.05) is 41.9 Å². The van der Waals surface area contributed by atoms with Crippen LogP contribution < -0.4 is 10.3 Å². The Hall–Kier alpha value is -2.53. The maximum Gasteiger partial charge on any atom is 0.376 e. The molecule has 0 bridgehead atoms. The number of halogens is 1. The number of hydrogen-bond donors (Lipinski definition) is 1. The number of benzene rings is 2. The molecule has 0 fully saturated rings. The second-order valence-electron chi connectivity index (χ2n) is 5.40. The van der Waals surface area contributed by atoms with E-state index in [0.29, 0.717) is 17.3 Å². The number of fused-ring (bicyclic) bond motifs is 1. The van der Waals surface area contributed by atoms with E-state index in [0.717, 1.165) is 18.5 Å². The Morgan fingerprint density at radius 1 is 1.21 bits per heavy atom. The lowest BCUT2D eigenvalue weighted by Crippen LogP contribution is -2.41. The van der Waals surface area contributed by atoms with Crippen molar-refractivity contribution in [1.29, 1.82) is 0 Å². The summed E-state index contributed by atoms with van der Waals surface area (Å²) < 4.78 is 4.91. The van der Waals surface area contributed by atoms with Crippen LogP contribution >= 0.6 is 11.6 Å². The quantitative estimate of drug-likeness (QED) is 0.391. The number of ether oxygens (including phenoxy) is 1. The van der Waals surface area contributed by atoms with Crippen molar-refractivity contribution in [3.8, 4) is 0 Å². The van der Waals surface area contributed by atoms with Crippen LogP contribution in [0.15, 0.2) is 53.6 Å². The summed E-state index contributed by atoms with van der Waals surface area (Å²) in [6.45, 7) is 0.704. The summed E-state index contributed by atoms with van der Waals surface area (Å²) in [6.07, 6.45) is 1.93. The van der Waals surface area contributed by atoms with Gasteiger partial charge < -0.3 is 9.64 Å². The molecule has 1 aliphatic rings. The first-order valence-corrected chi connectivity index (χ1v) is 8.10. The minimum Gasteiger partial charge on any atom is -0.463 e. The summed E-state index contributed by atoms with van der Waals surface area (Å²) in [5.74, 6) is -0.282. The molecule has 5 nitrogen and oxygen atoms in total. The van der Waals surface area contributed by atoms with Crippen molar-refractivity contribution >= 4 is 34.8 Å². The molecule has 0 aliphatic carbocycles. The van der Waals surface area contributed by atoms with E-state index in [2.05, 4.69) is 16.6 Å². The number of aryl methyl sites for hydroxylation is 1. The lowest BCUT2D eigenvalue weighted by atomic mass is 10.0. The third kappa shape index (κ3) is 3.36. The van der Waals surface area contributed by atoms with Crippen LogP contribution in [0.25, 0.3) is 0 Å². The van der Waals surface area contributed by atoms with Gasteiger partial charge in [-0.2, -0.15) is 0 Å². The summed E-state index contributed by atoms with van der Waals surface area (Å²) in [7, 11) is 1.35. The molecule has 0 amide bonds. The number of amidine groups is 1. The fourth-order valence-corrected chi connectivity index (χ4v) is 2.90. The zero-order valence-electron chi connectivity index (χ0n) is 13.3. The highest BCUT2D eigenvalue weighted by atomic mass is 35.5. The van der Waals surface area contributed by atoms with Crippen LogP contribution in [-0.2, 0) is 16.0 Å². The molecule has 2 aromatic carbocycles. The van der Waals surface area contributed by atoms with Gasteiger partial charge in [0.2, 0.25) is 5.84 Å². The van der Waals surface area contributed by atoms with Gasteiger partial charge in [0.25, 0.3) is 0 Å². The Morgan fingerprint density at radius 3 is 2.75 bits per heavy atom. The van der Waals surface area contributed by atoms with E-state index in [9.17, 15) is 4.79 Å². The maximum absolute atomic E-state index is 12.3. The SMILES string of the molecule is COC(=O)C(=NNc1ccccc1Cl)N1CCCc2ccccc21. The highest BCUT2D eigenvalue weighted by Crippen LogP contribution is 2.27. The lowest BCUT2D eigenvalue weighted by Gasteiger charge is -2.30. The molecule has 0 saturated carbocycles. The Kier molecular flexibility index (Phi) is 5.01. The topological polar surface area (TPSA) is 53.9 Å². The van der Waals surface area contributed by atoms with Crippen LogP contribution in [0.1, 0.15) is 12.0 Å². The highest BCUT2D eigenvalue weighted by Gasteiger charge is 2.26. The molecular formula is C18H18ClN3O2. The molecule has 1 heterocycles. The number of esters is 1. The van der Waals surface area contributed by atoms with Crippen LogP contribution in [0.4, 0.5) is 11.4 Å². The Balaban J connectivity index is 1.95. The molecule has 124 valence electrons. The largest absolute Gasteiger partial charge is 0.463 e. The van der Waals surface area contributed by atoms with Crippen molar-refractivity contribution in [3.63, 3.8) is 0 Å². The number of hydrazone groups is 1. The predicted molar refractivity (Wildman–Crippen MR) is 96.6 cm³/mol. The Morgan fingerprint density at radius 2 is 1.96 bits per heavy atom. The molecule has 2 aromatic rings. The van der Waals surface area contributed by atoms with Crippen LogP contribution in [0.3, 0.4) is 0 Å². The Labute approximate surface area is 145 Å². The predicted octanol–water partition coefficient (Wildman–Crippen LogP) is 3.69. The van der Waals surface area contributed by atoms with E-state index in [1.54, 1.807) is 12.1 Å². The average Bonchev–Trinajstić information content (AvgIpc) is 2.63. The fraction of sp³-hybridized carbons (Fsp3) is 0.222. The second-order valence-corrected chi connectivity index (χ2v) is 5.81. The van der Waals surface area contributed by atoms with Crippen molar-refractivity contribution < 1.29 is 9.53 Å². The zero-order chi connectivity index (χ0) is 16.9. The molecule has 1 N–H and O–H groups in total. The number of hydrogen-bond acceptors (Lipinski definition) is 4. The molecule has 24 heavy (non-hydrogen) atoms. The summed E-state index contributed by atoms with van der Waals surface area (Å²) in [5, 5.41) is 4.81. The number of rotatable bonds is 2. The number of methoxy groups -OCH3 is 1. The van der Waals surface area contributed by atoms with Crippen LogP contribution in [0.2, 0.25) is 5.02 Å². The van der Waals surface area contributed by atoms with Crippen molar-refractivity contribution in [2.24, 2.45) is 5.10 Å². The first-order chi connectivity index (χ1) is 11.7. The number of carbonyl (C=O) groups is 1. The summed E-state index contributed by atoms with van der Waals surface area (Å²) in [5.41, 5.74) is 5.67. The molecule has 6 heteroatoms. The summed E-state index contributed by atoms with van der Waals surface area (Å²) in [6, 6.07) is 15.2. The maximum atomic E-state index is 12.3. The van der Waals surface area contributed by atoms with Gasteiger partial charge in [-0.25, -0.2) is 4.79 Å². The fourth-order valence-electron chi connectivity index (χ4n) is 2.73. The van der Waals surface area contributed by atoms with E-state index < -0.39 is 5.97 Å². The zero-order valence-corrected chi connectivity index (χ0v) is 14.1. The number of para-hydroxylation sites is 2. The second kappa shape index (κ2) is 7.36. The van der Waals surface area contributed by atoms with E-state index >= 15 is 0 Å². The van der Waals surface area contributed by atoms with Gasteiger partial charge in [-0.05, 0) is 36.6 Å². The smallest absolute Gasteiger partial charge is 0.376 e. The summed E-state index contributed by atoms with van der Waals surface area (Å²) in [4.78, 5) is 14.1. The van der Waals surface area contributed by atoms with Gasteiger partial charge in [-0.15, -0.1) is 5.10 Å². The number of nitrogens with zero attached hydrogens (tertiary/aromatic N) is 2. The molecular weight excluding hydrogens is 326 g/mol. The third-order valence-electron chi connectivity index (χ3n) is 3.89. The van der Waals surface area contributed by atoms with E-state index in [-0.39, 0.29) is 5.84 Å². The van der Waals surface area contributed by atoms with Gasteiger partial charge in [0.05, 0.1) is 17.8 Å². The van der Waals surface area contributed by atoms with Gasteiger partial charge in [0.15, 0.2) is 0 Å². The first kappa shape index (κ1) is 16.3. The molecule has 0 unspecified atom stereocenters. The van der Waals surface area contributed by atoms with Crippen molar-refractivity contribution in [2.45, 2.75) is 12.8 Å². The van der Waals surface area contributed by atoms with E-state index in [4.69, 9.17) is 16.3 Å². The third-order valence-corrected chi connectivity index (χ3v) is 4.22. The van der Waals surface area contributed by atoms with Crippen molar-refractivity contribution in [3.05, 3.63) is 59.1 Å². The average molecular weight is 344 g/mol. The molecule has 0 saturated heterocycles. The lowest BCUT2D eigenvalue weighted by molar-refractivity contribution is -0.132. The van der Waals surface area contributed by atoms with E-state index in [1.165, 1.54) is 12.7 Å². The van der Waals surface area contributed by atoms with Gasteiger partial charge in [0.1, 0.15) is 0 Å². The molecule has 0 radical (unpaired) electrons. The highest BCUT2D eigenvalue weighted by molar-refractivity contribution is 6.41. The van der Waals surface area contributed by atoms with Crippen molar-refractivity contribution in [2.75, 3.05) is 24.0 Å². The van der Waals surface area contributed by atoms with Crippen LogP contribution in [0.5, 0.6) is 0 Å². The Bertz CT molecular complexity index is 776. The molecule has 0 aromatic heterocycles. The number of anilines is 2. The van der Waals surface area contributed by atoms with Gasteiger partial charge in [0, 0.05) is 12.2 Å². The minimum absolute atomic E-state index is 0.213.